The van der Waals surface area contributed by atoms with Gasteiger partial charge in [-0.2, -0.15) is 5.10 Å². The van der Waals surface area contributed by atoms with E-state index in [1.54, 1.807) is 53.2 Å². The third kappa shape index (κ3) is 11.0. The number of aromatic nitrogens is 2. The van der Waals surface area contributed by atoms with Crippen LogP contribution in [-0.4, -0.2) is 74.0 Å². The first kappa shape index (κ1) is 45.8. The maximum atomic E-state index is 14.0. The molecule has 66 heavy (non-hydrogen) atoms. The van der Waals surface area contributed by atoms with Gasteiger partial charge in [0.1, 0.15) is 41.8 Å². The molecule has 5 aromatic carbocycles. The lowest BCUT2D eigenvalue weighted by Crippen LogP contribution is -2.58. The third-order valence-corrected chi connectivity index (χ3v) is 12.7. The molecule has 340 valence electrons. The summed E-state index contributed by atoms with van der Waals surface area (Å²) in [5.74, 6) is 0.531. The van der Waals surface area contributed by atoms with Gasteiger partial charge in [0.05, 0.1) is 29.6 Å². The molecule has 2 aromatic heterocycles. The van der Waals surface area contributed by atoms with E-state index < -0.39 is 29.5 Å². The van der Waals surface area contributed by atoms with E-state index in [-0.39, 0.29) is 49.3 Å². The molecule has 12 nitrogen and oxygen atoms in total. The van der Waals surface area contributed by atoms with Gasteiger partial charge >= 0.3 is 0 Å². The summed E-state index contributed by atoms with van der Waals surface area (Å²) in [6.45, 7) is 6.62. The van der Waals surface area contributed by atoms with Crippen LogP contribution in [0.5, 0.6) is 23.0 Å². The number of ether oxygens (including phenoxy) is 2. The molecule has 1 unspecified atom stereocenters. The largest absolute Gasteiger partial charge is 0.508 e. The molecule has 0 aliphatic carbocycles. The highest BCUT2D eigenvalue weighted by Gasteiger charge is 2.44. The minimum atomic E-state index is -0.943. The molecule has 7 aromatic rings. The number of rotatable bonds is 15. The number of amides is 3. The first-order chi connectivity index (χ1) is 31.7. The number of carbonyl (C=O) groups excluding carboxylic acids is 3. The van der Waals surface area contributed by atoms with E-state index in [0.29, 0.717) is 35.4 Å². The van der Waals surface area contributed by atoms with Gasteiger partial charge in [0.15, 0.2) is 5.75 Å². The van der Waals surface area contributed by atoms with Crippen LogP contribution in [0.25, 0.3) is 31.8 Å². The molecule has 15 heteroatoms. The van der Waals surface area contributed by atoms with Crippen molar-refractivity contribution in [1.82, 2.24) is 25.3 Å². The lowest BCUT2D eigenvalue weighted by molar-refractivity contribution is -0.144. The van der Waals surface area contributed by atoms with Crippen LogP contribution in [-0.2, 0) is 33.9 Å². The van der Waals surface area contributed by atoms with Crippen LogP contribution in [0, 0.1) is 11.2 Å². The minimum Gasteiger partial charge on any atom is -0.508 e. The average Bonchev–Trinajstić information content (AvgIpc) is 4.03. The van der Waals surface area contributed by atoms with Crippen LogP contribution in [0.15, 0.2) is 128 Å². The van der Waals surface area contributed by atoms with Crippen LogP contribution >= 0.6 is 22.9 Å². The number of benzene rings is 5. The number of halogens is 2. The Kier molecular flexibility index (Phi) is 13.7. The Balaban J connectivity index is 0.828. The topological polar surface area (TPSA) is 155 Å². The van der Waals surface area contributed by atoms with Crippen molar-refractivity contribution in [3.05, 3.63) is 149 Å². The second kappa shape index (κ2) is 19.8. The summed E-state index contributed by atoms with van der Waals surface area (Å²) in [6.07, 6.45) is 1.13. The van der Waals surface area contributed by atoms with E-state index in [2.05, 4.69) is 10.6 Å². The summed E-state index contributed by atoms with van der Waals surface area (Å²) >= 11 is 7.44. The van der Waals surface area contributed by atoms with Crippen molar-refractivity contribution in [3.8, 4) is 44.7 Å². The summed E-state index contributed by atoms with van der Waals surface area (Å²) in [5.41, 5.74) is 3.32. The van der Waals surface area contributed by atoms with E-state index in [4.69, 9.17) is 26.2 Å². The summed E-state index contributed by atoms with van der Waals surface area (Å²) in [6, 6.07) is 33.3. The minimum absolute atomic E-state index is 0.0129. The quantitative estimate of drug-likeness (QED) is 0.0794. The fourth-order valence-corrected chi connectivity index (χ4v) is 9.09. The van der Waals surface area contributed by atoms with Crippen molar-refractivity contribution in [2.45, 2.75) is 64.9 Å². The number of aromatic hydroxyl groups is 1. The van der Waals surface area contributed by atoms with Crippen molar-refractivity contribution in [1.29, 1.82) is 0 Å². The van der Waals surface area contributed by atoms with Crippen LogP contribution in [0.2, 0.25) is 5.02 Å². The Labute approximate surface area is 390 Å². The Morgan fingerprint density at radius 2 is 1.58 bits per heavy atom. The summed E-state index contributed by atoms with van der Waals surface area (Å²) in [7, 11) is 0. The van der Waals surface area contributed by atoms with Gasteiger partial charge in [-0.3, -0.25) is 19.1 Å². The van der Waals surface area contributed by atoms with Gasteiger partial charge in [0.25, 0.3) is 0 Å². The Morgan fingerprint density at radius 1 is 0.894 bits per heavy atom. The number of nitrogens with one attached hydrogen (secondary N) is 2. The fraction of sp³-hybridized carbons (Fsp3) is 0.255. The Hall–Kier alpha value is -6.74. The smallest absolute Gasteiger partial charge is 0.246 e. The molecule has 3 heterocycles. The van der Waals surface area contributed by atoms with Gasteiger partial charge in [-0.25, -0.2) is 4.39 Å². The zero-order valence-corrected chi connectivity index (χ0v) is 38.1. The third-order valence-electron chi connectivity index (χ3n) is 11.3. The van der Waals surface area contributed by atoms with Crippen LogP contribution in [0.1, 0.15) is 38.3 Å². The molecule has 0 spiro atoms. The molecule has 0 bridgehead atoms. The standard InChI is InChI=1S/C51H49ClFN5O7S/c1-51(2,3)48(50(63)58-30-38(60)27-43(58)49(62)54-29-32-6-12-35(52)13-7-32)55-45(61)26-31-4-8-33(9-5-31)42-22-23-57(56-42)24-25-64-39-17-19-40(20-18-39)65-46-41-21-16-37(59)28-44(41)66-47(46)34-10-14-36(53)15-11-34/h4-23,28,38,43,48,59-60H,24-27,29-30H2,1-3H3,(H,54,62)(H,55,61)/t38-,43+,48?/m1/s1. The molecule has 1 aliphatic rings. The number of fused-ring (bicyclic) bond motifs is 1. The predicted molar refractivity (Wildman–Crippen MR) is 253 cm³/mol. The number of aliphatic hydroxyl groups excluding tert-OH is 1. The molecule has 1 aliphatic heterocycles. The highest BCUT2D eigenvalue weighted by molar-refractivity contribution is 7.22. The molecule has 3 amide bonds. The van der Waals surface area contributed by atoms with Gasteiger partial charge < -0.3 is 35.2 Å². The number of hydrogen-bond acceptors (Lipinski definition) is 9. The second-order valence-electron chi connectivity index (χ2n) is 17.3. The van der Waals surface area contributed by atoms with Gasteiger partial charge in [-0.1, -0.05) is 80.9 Å². The average molecular weight is 930 g/mol. The normalized spacial score (nSPS) is 15.4. The number of phenols is 1. The molecule has 3 atom stereocenters. The number of aliphatic hydroxyl groups is 1. The zero-order valence-electron chi connectivity index (χ0n) is 36.5. The molecular formula is C51H49ClFN5O7S. The highest BCUT2D eigenvalue weighted by Crippen LogP contribution is 2.47. The lowest BCUT2D eigenvalue weighted by Gasteiger charge is -2.35. The van der Waals surface area contributed by atoms with Gasteiger partial charge in [0, 0.05) is 46.4 Å². The number of phenolic OH excluding ortho intramolecular Hbond substituents is 1. The number of likely N-dealkylation sites (tertiary alicyclic amines) is 1. The van der Waals surface area contributed by atoms with Crippen molar-refractivity contribution in [2.24, 2.45) is 5.41 Å². The van der Waals surface area contributed by atoms with Crippen molar-refractivity contribution < 1.29 is 38.5 Å². The second-order valence-corrected chi connectivity index (χ2v) is 18.8. The van der Waals surface area contributed by atoms with Crippen molar-refractivity contribution >= 4 is 50.7 Å². The van der Waals surface area contributed by atoms with Gasteiger partial charge in [-0.15, -0.1) is 11.3 Å². The molecule has 0 radical (unpaired) electrons. The van der Waals surface area contributed by atoms with E-state index in [9.17, 15) is 29.0 Å². The molecule has 4 N–H and O–H groups in total. The van der Waals surface area contributed by atoms with Crippen LogP contribution < -0.4 is 20.1 Å². The van der Waals surface area contributed by atoms with Gasteiger partial charge in [-0.05, 0) is 94.9 Å². The van der Waals surface area contributed by atoms with Crippen molar-refractivity contribution in [3.63, 3.8) is 0 Å². The number of carbonyl (C=O) groups is 3. The Bertz CT molecular complexity index is 2830. The molecule has 1 saturated heterocycles. The molecule has 0 saturated carbocycles. The number of hydrogen-bond donors (Lipinski definition) is 4. The summed E-state index contributed by atoms with van der Waals surface area (Å²) < 4.78 is 28.7. The van der Waals surface area contributed by atoms with Gasteiger partial charge in [0.2, 0.25) is 17.7 Å². The molecule has 1 fully saturated rings. The first-order valence-electron chi connectivity index (χ1n) is 21.5. The van der Waals surface area contributed by atoms with Crippen LogP contribution in [0.4, 0.5) is 4.39 Å². The summed E-state index contributed by atoms with van der Waals surface area (Å²) in [4.78, 5) is 42.9. The predicted octanol–water partition coefficient (Wildman–Crippen LogP) is 9.15. The van der Waals surface area contributed by atoms with E-state index >= 15 is 0 Å². The van der Waals surface area contributed by atoms with Crippen molar-refractivity contribution in [2.75, 3.05) is 13.2 Å². The number of nitrogens with zero attached hydrogens (tertiary/aromatic N) is 3. The maximum Gasteiger partial charge on any atom is 0.246 e. The SMILES string of the molecule is CC(C)(C)C(NC(=O)Cc1ccc(-c2ccn(CCOc3ccc(Oc4c(-c5ccc(F)cc5)sc5cc(O)ccc45)cc3)n2)cc1)C(=O)N1C[C@H](O)C[C@H]1C(=O)NCc1ccc(Cl)cc1. The summed E-state index contributed by atoms with van der Waals surface area (Å²) in [5, 5.41) is 32.5. The first-order valence-corrected chi connectivity index (χ1v) is 22.7. The maximum absolute atomic E-state index is 14.0. The molecule has 8 rings (SSSR count). The lowest BCUT2D eigenvalue weighted by atomic mass is 9.85. The van der Waals surface area contributed by atoms with E-state index in [1.165, 1.54) is 28.4 Å². The zero-order chi connectivity index (χ0) is 46.5. The van der Waals surface area contributed by atoms with E-state index in [0.717, 1.165) is 42.9 Å². The fourth-order valence-electron chi connectivity index (χ4n) is 7.79. The number of thiophene rings is 1. The molecular weight excluding hydrogens is 881 g/mol. The van der Waals surface area contributed by atoms with E-state index in [1.807, 2.05) is 87.6 Å². The monoisotopic (exact) mass is 929 g/mol. The Morgan fingerprint density at radius 3 is 2.29 bits per heavy atom. The van der Waals surface area contributed by atoms with Crippen LogP contribution in [0.3, 0.4) is 0 Å². The highest BCUT2D eigenvalue weighted by atomic mass is 35.5. The number of β-amino-alcohol motifs (C(OH)–C–C–N with tert-alkyl or cyclic N) is 1.